The van der Waals surface area contributed by atoms with Gasteiger partial charge in [-0.2, -0.15) is 11.8 Å². The molecule has 1 aromatic carbocycles. The lowest BCUT2D eigenvalue weighted by Crippen LogP contribution is -2.06. The van der Waals surface area contributed by atoms with Crippen molar-refractivity contribution in [3.63, 3.8) is 0 Å². The van der Waals surface area contributed by atoms with E-state index in [2.05, 4.69) is 18.2 Å². The first-order valence-electron chi connectivity index (χ1n) is 5.60. The fraction of sp³-hybridized carbons (Fsp3) is 0.538. The summed E-state index contributed by atoms with van der Waals surface area (Å²) in [5, 5.41) is 9.90. The smallest absolute Gasteiger partial charge is 0.0880 e. The average molecular weight is 222 g/mol. The third kappa shape index (κ3) is 2.56. The van der Waals surface area contributed by atoms with Gasteiger partial charge < -0.3 is 5.11 Å². The van der Waals surface area contributed by atoms with Crippen LogP contribution in [0.3, 0.4) is 0 Å². The zero-order valence-electron chi connectivity index (χ0n) is 9.20. The molecular weight excluding hydrogens is 204 g/mol. The van der Waals surface area contributed by atoms with E-state index in [1.54, 1.807) is 11.8 Å². The molecule has 1 N–H and O–H groups in total. The van der Waals surface area contributed by atoms with Gasteiger partial charge >= 0.3 is 0 Å². The fourth-order valence-electron chi connectivity index (χ4n) is 2.21. The summed E-state index contributed by atoms with van der Waals surface area (Å²) in [6.45, 7) is 0. The number of aryl methyl sites for hydroxylation is 2. The van der Waals surface area contributed by atoms with Gasteiger partial charge in [0.2, 0.25) is 0 Å². The van der Waals surface area contributed by atoms with Gasteiger partial charge in [-0.25, -0.2) is 0 Å². The fourth-order valence-corrected chi connectivity index (χ4v) is 2.72. The average Bonchev–Trinajstić information content (AvgIpc) is 2.29. The molecule has 15 heavy (non-hydrogen) atoms. The van der Waals surface area contributed by atoms with Crippen LogP contribution in [0.5, 0.6) is 0 Å². The van der Waals surface area contributed by atoms with E-state index >= 15 is 0 Å². The number of benzene rings is 1. The third-order valence-corrected chi connectivity index (χ3v) is 3.73. The normalized spacial score (nSPS) is 17.2. The van der Waals surface area contributed by atoms with Gasteiger partial charge in [-0.15, -0.1) is 0 Å². The monoisotopic (exact) mass is 222 g/mol. The highest BCUT2D eigenvalue weighted by Crippen LogP contribution is 2.25. The Kier molecular flexibility index (Phi) is 3.71. The largest absolute Gasteiger partial charge is 0.388 e. The van der Waals surface area contributed by atoms with Gasteiger partial charge in [-0.05, 0) is 48.6 Å². The van der Waals surface area contributed by atoms with Crippen LogP contribution in [-0.2, 0) is 12.8 Å². The van der Waals surface area contributed by atoms with Gasteiger partial charge in [0.15, 0.2) is 0 Å². The lowest BCUT2D eigenvalue weighted by Gasteiger charge is -2.18. The van der Waals surface area contributed by atoms with E-state index in [1.807, 2.05) is 6.26 Å². The molecule has 1 nitrogen and oxygen atoms in total. The van der Waals surface area contributed by atoms with Gasteiger partial charge in [-0.3, -0.25) is 0 Å². The maximum absolute atomic E-state index is 9.90. The Morgan fingerprint density at radius 1 is 1.27 bits per heavy atom. The standard InChI is InChI=1S/C13H18OS/c1-15-9-13(14)12-7-6-10-4-2-3-5-11(10)8-12/h6-8,13-14H,2-5,9H2,1H3. The second kappa shape index (κ2) is 5.04. The molecule has 0 heterocycles. The van der Waals surface area contributed by atoms with Crippen LogP contribution in [0.25, 0.3) is 0 Å². The number of rotatable bonds is 3. The molecule has 0 amide bonds. The van der Waals surface area contributed by atoms with Crippen LogP contribution in [0.2, 0.25) is 0 Å². The zero-order valence-corrected chi connectivity index (χ0v) is 10.0. The number of aliphatic hydroxyl groups excluding tert-OH is 1. The molecule has 0 bridgehead atoms. The number of fused-ring (bicyclic) bond motifs is 1. The van der Waals surface area contributed by atoms with Crippen molar-refractivity contribution in [3.05, 3.63) is 34.9 Å². The van der Waals surface area contributed by atoms with Crippen molar-refractivity contribution < 1.29 is 5.11 Å². The predicted molar refractivity (Wildman–Crippen MR) is 66.4 cm³/mol. The van der Waals surface area contributed by atoms with Crippen molar-refractivity contribution in [1.29, 1.82) is 0 Å². The Bertz CT molecular complexity index is 335. The number of hydrogen-bond donors (Lipinski definition) is 1. The van der Waals surface area contributed by atoms with Crippen molar-refractivity contribution in [1.82, 2.24) is 0 Å². The predicted octanol–water partition coefficient (Wildman–Crippen LogP) is 2.96. The van der Waals surface area contributed by atoms with E-state index in [0.717, 1.165) is 11.3 Å². The van der Waals surface area contributed by atoms with Crippen LogP contribution in [-0.4, -0.2) is 17.1 Å². The first-order chi connectivity index (χ1) is 7.31. The molecule has 0 fully saturated rings. The molecule has 0 aliphatic heterocycles. The summed E-state index contributed by atoms with van der Waals surface area (Å²) >= 11 is 1.69. The molecular formula is C13H18OS. The lowest BCUT2D eigenvalue weighted by molar-refractivity contribution is 0.204. The zero-order chi connectivity index (χ0) is 10.7. The van der Waals surface area contributed by atoms with E-state index in [-0.39, 0.29) is 6.10 Å². The Hall–Kier alpha value is -0.470. The first kappa shape index (κ1) is 11.0. The summed E-state index contributed by atoms with van der Waals surface area (Å²) in [4.78, 5) is 0. The van der Waals surface area contributed by atoms with Crippen molar-refractivity contribution in [3.8, 4) is 0 Å². The van der Waals surface area contributed by atoms with Crippen molar-refractivity contribution in [2.45, 2.75) is 31.8 Å². The summed E-state index contributed by atoms with van der Waals surface area (Å²) in [7, 11) is 0. The maximum Gasteiger partial charge on any atom is 0.0880 e. The molecule has 1 aliphatic rings. The molecule has 0 saturated heterocycles. The molecule has 2 rings (SSSR count). The number of thioether (sulfide) groups is 1. The second-order valence-electron chi connectivity index (χ2n) is 4.21. The van der Waals surface area contributed by atoms with Gasteiger partial charge in [0, 0.05) is 5.75 Å². The first-order valence-corrected chi connectivity index (χ1v) is 6.99. The Labute approximate surface area is 95.9 Å². The minimum Gasteiger partial charge on any atom is -0.388 e. The van der Waals surface area contributed by atoms with E-state index in [0.29, 0.717) is 0 Å². The van der Waals surface area contributed by atoms with Gasteiger partial charge in [0.25, 0.3) is 0 Å². The Balaban J connectivity index is 2.20. The van der Waals surface area contributed by atoms with Crippen molar-refractivity contribution in [2.75, 3.05) is 12.0 Å². The summed E-state index contributed by atoms with van der Waals surface area (Å²) in [5.74, 6) is 0.790. The van der Waals surface area contributed by atoms with Crippen LogP contribution in [0, 0.1) is 0 Å². The molecule has 1 aromatic rings. The lowest BCUT2D eigenvalue weighted by atomic mass is 9.90. The summed E-state index contributed by atoms with van der Waals surface area (Å²) in [6, 6.07) is 6.49. The molecule has 2 heteroatoms. The highest BCUT2D eigenvalue weighted by molar-refractivity contribution is 7.98. The quantitative estimate of drug-likeness (QED) is 0.848. The molecule has 0 saturated carbocycles. The summed E-state index contributed by atoms with van der Waals surface area (Å²) in [5.41, 5.74) is 4.03. The van der Waals surface area contributed by atoms with Crippen LogP contribution in [0.15, 0.2) is 18.2 Å². The second-order valence-corrected chi connectivity index (χ2v) is 5.12. The van der Waals surface area contributed by atoms with Gasteiger partial charge in [0.05, 0.1) is 6.10 Å². The summed E-state index contributed by atoms with van der Waals surface area (Å²) < 4.78 is 0. The third-order valence-electron chi connectivity index (χ3n) is 3.08. The molecule has 0 spiro atoms. The SMILES string of the molecule is CSCC(O)c1ccc2c(c1)CCCC2. The summed E-state index contributed by atoms with van der Waals surface area (Å²) in [6.07, 6.45) is 6.76. The van der Waals surface area contributed by atoms with E-state index in [9.17, 15) is 5.11 Å². The van der Waals surface area contributed by atoms with Crippen LogP contribution in [0.1, 0.15) is 35.6 Å². The minimum atomic E-state index is -0.299. The van der Waals surface area contributed by atoms with Gasteiger partial charge in [-0.1, -0.05) is 18.2 Å². The number of aliphatic hydroxyl groups is 1. The molecule has 82 valence electrons. The highest BCUT2D eigenvalue weighted by atomic mass is 32.2. The Morgan fingerprint density at radius 2 is 2.00 bits per heavy atom. The van der Waals surface area contributed by atoms with Crippen LogP contribution < -0.4 is 0 Å². The minimum absolute atomic E-state index is 0.299. The molecule has 1 unspecified atom stereocenters. The molecule has 0 aromatic heterocycles. The van der Waals surface area contributed by atoms with Crippen molar-refractivity contribution in [2.24, 2.45) is 0 Å². The highest BCUT2D eigenvalue weighted by Gasteiger charge is 2.12. The molecule has 0 radical (unpaired) electrons. The van der Waals surface area contributed by atoms with Crippen LogP contribution >= 0.6 is 11.8 Å². The Morgan fingerprint density at radius 3 is 2.73 bits per heavy atom. The van der Waals surface area contributed by atoms with E-state index < -0.39 is 0 Å². The molecule has 1 atom stereocenters. The molecule has 1 aliphatic carbocycles. The van der Waals surface area contributed by atoms with Crippen LogP contribution in [0.4, 0.5) is 0 Å². The topological polar surface area (TPSA) is 20.2 Å². The van der Waals surface area contributed by atoms with E-state index in [4.69, 9.17) is 0 Å². The van der Waals surface area contributed by atoms with Crippen molar-refractivity contribution >= 4 is 11.8 Å². The van der Waals surface area contributed by atoms with E-state index in [1.165, 1.54) is 36.8 Å². The maximum atomic E-state index is 9.90. The number of hydrogen-bond acceptors (Lipinski definition) is 2. The van der Waals surface area contributed by atoms with Gasteiger partial charge in [0.1, 0.15) is 0 Å².